The van der Waals surface area contributed by atoms with Gasteiger partial charge in [-0.05, 0) is 25.1 Å². The fourth-order valence-electron chi connectivity index (χ4n) is 1.91. The van der Waals surface area contributed by atoms with Crippen molar-refractivity contribution in [2.24, 2.45) is 0 Å². The molecule has 0 saturated carbocycles. The number of hydrogen-bond acceptors (Lipinski definition) is 4. The van der Waals surface area contributed by atoms with Crippen LogP contribution in [0.5, 0.6) is 0 Å². The van der Waals surface area contributed by atoms with E-state index < -0.39 is 4.92 Å². The lowest BCUT2D eigenvalue weighted by Gasteiger charge is -2.14. The van der Waals surface area contributed by atoms with Crippen LogP contribution < -0.4 is 5.32 Å². The summed E-state index contributed by atoms with van der Waals surface area (Å²) in [7, 11) is 0. The molecule has 6 nitrogen and oxygen atoms in total. The zero-order chi connectivity index (χ0) is 14.5. The Balaban J connectivity index is 1.99. The minimum absolute atomic E-state index is 0.0770. The molecule has 0 radical (unpaired) electrons. The summed E-state index contributed by atoms with van der Waals surface area (Å²) in [5, 5.41) is 18.8. The number of nitrogens with zero attached hydrogens (tertiary/aromatic N) is 3. The molecule has 1 aromatic heterocycles. The summed E-state index contributed by atoms with van der Waals surface area (Å²) in [5.41, 5.74) is 0.656. The fraction of sp³-hybridized carbons (Fsp3) is 0.308. The third-order valence-electron chi connectivity index (χ3n) is 2.90. The maximum Gasteiger partial charge on any atom is 0.273 e. The van der Waals surface area contributed by atoms with Gasteiger partial charge < -0.3 is 5.32 Å². The molecule has 1 heterocycles. The maximum atomic E-state index is 11.0. The van der Waals surface area contributed by atoms with Crippen molar-refractivity contribution in [3.05, 3.63) is 57.4 Å². The van der Waals surface area contributed by atoms with Gasteiger partial charge >= 0.3 is 0 Å². The minimum atomic E-state index is -0.397. The highest BCUT2D eigenvalue weighted by Gasteiger charge is 2.14. The summed E-state index contributed by atoms with van der Waals surface area (Å²) in [6.07, 6.45) is 3.59. The van der Waals surface area contributed by atoms with Gasteiger partial charge in [-0.1, -0.05) is 11.6 Å². The number of nitrogens with one attached hydrogen (secondary N) is 1. The second-order valence-electron chi connectivity index (χ2n) is 4.54. The first-order chi connectivity index (χ1) is 9.56. The molecule has 1 aromatic carbocycles. The number of nitro groups is 1. The monoisotopic (exact) mass is 294 g/mol. The van der Waals surface area contributed by atoms with E-state index in [1.54, 1.807) is 12.3 Å². The van der Waals surface area contributed by atoms with E-state index in [2.05, 4.69) is 10.4 Å². The summed E-state index contributed by atoms with van der Waals surface area (Å²) < 4.78 is 1.81. The number of aromatic nitrogens is 2. The summed E-state index contributed by atoms with van der Waals surface area (Å²) in [5.74, 6) is 0. The van der Waals surface area contributed by atoms with Gasteiger partial charge in [0.2, 0.25) is 0 Å². The van der Waals surface area contributed by atoms with Gasteiger partial charge in [-0.2, -0.15) is 5.10 Å². The first kappa shape index (κ1) is 14.5. The Labute approximate surface area is 121 Å². The van der Waals surface area contributed by atoms with Crippen molar-refractivity contribution in [3.63, 3.8) is 0 Å². The largest absolute Gasteiger partial charge is 0.308 e. The predicted molar refractivity (Wildman–Crippen MR) is 76.6 cm³/mol. The van der Waals surface area contributed by atoms with Crippen molar-refractivity contribution in [2.45, 2.75) is 26.1 Å². The van der Waals surface area contributed by atoms with Crippen LogP contribution in [-0.4, -0.2) is 20.7 Å². The van der Waals surface area contributed by atoms with E-state index >= 15 is 0 Å². The van der Waals surface area contributed by atoms with E-state index in [1.807, 2.05) is 23.9 Å². The molecule has 0 saturated heterocycles. The molecule has 0 amide bonds. The molecule has 106 valence electrons. The average molecular weight is 295 g/mol. The second-order valence-corrected chi connectivity index (χ2v) is 4.98. The smallest absolute Gasteiger partial charge is 0.273 e. The van der Waals surface area contributed by atoms with Gasteiger partial charge in [-0.3, -0.25) is 14.8 Å². The molecule has 0 aliphatic heterocycles. The van der Waals surface area contributed by atoms with E-state index in [0.717, 1.165) is 0 Å². The SMILES string of the molecule is CC(Cn1cccn1)NCc1cc(Cl)ccc1[N+](=O)[O-]. The molecule has 1 N–H and O–H groups in total. The molecule has 1 unspecified atom stereocenters. The topological polar surface area (TPSA) is 73.0 Å². The summed E-state index contributed by atoms with van der Waals surface area (Å²) in [4.78, 5) is 10.6. The second kappa shape index (κ2) is 6.49. The van der Waals surface area contributed by atoms with Crippen LogP contribution in [0.25, 0.3) is 0 Å². The minimum Gasteiger partial charge on any atom is -0.308 e. The average Bonchev–Trinajstić information content (AvgIpc) is 2.89. The first-order valence-electron chi connectivity index (χ1n) is 6.20. The molecule has 7 heteroatoms. The van der Waals surface area contributed by atoms with Crippen LogP contribution in [0.15, 0.2) is 36.7 Å². The molecule has 0 fully saturated rings. The number of hydrogen-bond donors (Lipinski definition) is 1. The van der Waals surface area contributed by atoms with Crippen molar-refractivity contribution >= 4 is 17.3 Å². The van der Waals surface area contributed by atoms with Crippen molar-refractivity contribution < 1.29 is 4.92 Å². The number of halogens is 1. The normalized spacial score (nSPS) is 12.3. The van der Waals surface area contributed by atoms with E-state index in [0.29, 0.717) is 23.7 Å². The highest BCUT2D eigenvalue weighted by Crippen LogP contribution is 2.22. The molecule has 2 rings (SSSR count). The number of nitro benzene ring substituents is 1. The lowest BCUT2D eigenvalue weighted by atomic mass is 10.1. The van der Waals surface area contributed by atoms with Gasteiger partial charge in [-0.15, -0.1) is 0 Å². The Morgan fingerprint density at radius 3 is 3.00 bits per heavy atom. The maximum absolute atomic E-state index is 11.0. The Kier molecular flexibility index (Phi) is 4.70. The number of benzene rings is 1. The molecule has 20 heavy (non-hydrogen) atoms. The first-order valence-corrected chi connectivity index (χ1v) is 6.57. The van der Waals surface area contributed by atoms with Crippen LogP contribution in [0.1, 0.15) is 12.5 Å². The standard InChI is InChI=1S/C13H15ClN4O2/c1-10(9-17-6-2-5-16-17)15-8-11-7-12(14)3-4-13(11)18(19)20/h2-7,10,15H,8-9H2,1H3. The van der Waals surface area contributed by atoms with Gasteiger partial charge in [0.15, 0.2) is 0 Å². The van der Waals surface area contributed by atoms with Gasteiger partial charge in [0.1, 0.15) is 0 Å². The Morgan fingerprint density at radius 1 is 1.55 bits per heavy atom. The number of rotatable bonds is 6. The Bertz CT molecular complexity index is 586. The molecule has 1 atom stereocenters. The Morgan fingerprint density at radius 2 is 2.35 bits per heavy atom. The van der Waals surface area contributed by atoms with Crippen LogP contribution in [0.4, 0.5) is 5.69 Å². The van der Waals surface area contributed by atoms with E-state index in [4.69, 9.17) is 11.6 Å². The van der Waals surface area contributed by atoms with Crippen LogP contribution in [0, 0.1) is 10.1 Å². The van der Waals surface area contributed by atoms with Crippen molar-refractivity contribution in [2.75, 3.05) is 0 Å². The molecule has 0 spiro atoms. The third kappa shape index (κ3) is 3.79. The molecule has 0 bridgehead atoms. The highest BCUT2D eigenvalue weighted by atomic mass is 35.5. The zero-order valence-corrected chi connectivity index (χ0v) is 11.7. The van der Waals surface area contributed by atoms with Crippen LogP contribution in [0.3, 0.4) is 0 Å². The summed E-state index contributed by atoms with van der Waals surface area (Å²) >= 11 is 5.89. The van der Waals surface area contributed by atoms with Gasteiger partial charge in [0, 0.05) is 41.6 Å². The van der Waals surface area contributed by atoms with Gasteiger partial charge in [-0.25, -0.2) is 0 Å². The molecule has 0 aliphatic carbocycles. The van der Waals surface area contributed by atoms with Crippen LogP contribution in [-0.2, 0) is 13.1 Å². The van der Waals surface area contributed by atoms with E-state index in [1.165, 1.54) is 12.1 Å². The quantitative estimate of drug-likeness (QED) is 0.656. The summed E-state index contributed by atoms with van der Waals surface area (Å²) in [6, 6.07) is 6.56. The lowest BCUT2D eigenvalue weighted by molar-refractivity contribution is -0.385. The third-order valence-corrected chi connectivity index (χ3v) is 3.13. The lowest BCUT2D eigenvalue weighted by Crippen LogP contribution is -2.30. The fourth-order valence-corrected chi connectivity index (χ4v) is 2.11. The molecular formula is C13H15ClN4O2. The van der Waals surface area contributed by atoms with E-state index in [9.17, 15) is 10.1 Å². The van der Waals surface area contributed by atoms with Crippen LogP contribution >= 0.6 is 11.6 Å². The predicted octanol–water partition coefficient (Wildman–Crippen LogP) is 2.62. The molecular weight excluding hydrogens is 280 g/mol. The zero-order valence-electron chi connectivity index (χ0n) is 11.0. The van der Waals surface area contributed by atoms with Crippen molar-refractivity contribution in [1.82, 2.24) is 15.1 Å². The van der Waals surface area contributed by atoms with Crippen LogP contribution in [0.2, 0.25) is 5.02 Å². The molecule has 2 aromatic rings. The Hall–Kier alpha value is -1.92. The van der Waals surface area contributed by atoms with Crippen molar-refractivity contribution in [3.8, 4) is 0 Å². The van der Waals surface area contributed by atoms with Gasteiger partial charge in [0.05, 0.1) is 11.5 Å². The van der Waals surface area contributed by atoms with Crippen molar-refractivity contribution in [1.29, 1.82) is 0 Å². The van der Waals surface area contributed by atoms with E-state index in [-0.39, 0.29) is 11.7 Å². The van der Waals surface area contributed by atoms with Gasteiger partial charge in [0.25, 0.3) is 5.69 Å². The molecule has 0 aliphatic rings. The highest BCUT2D eigenvalue weighted by molar-refractivity contribution is 6.30. The summed E-state index contributed by atoms with van der Waals surface area (Å²) in [6.45, 7) is 3.08.